The molecule has 0 aromatic rings. The fraction of sp³-hybridized carbons (Fsp3) is 1.00. The highest BCUT2D eigenvalue weighted by molar-refractivity contribution is 7.89. The monoisotopic (exact) mass is 221 g/mol. The van der Waals surface area contributed by atoms with E-state index in [0.717, 1.165) is 0 Å². The zero-order valence-corrected chi connectivity index (χ0v) is 9.55. The molecule has 1 aliphatic rings. The summed E-state index contributed by atoms with van der Waals surface area (Å²) in [5, 5.41) is 9.00. The van der Waals surface area contributed by atoms with Crippen molar-refractivity contribution in [2.24, 2.45) is 5.92 Å². The third kappa shape index (κ3) is 3.94. The van der Waals surface area contributed by atoms with E-state index >= 15 is 0 Å². The van der Waals surface area contributed by atoms with Gasteiger partial charge in [0.05, 0.1) is 11.9 Å². The smallest absolute Gasteiger partial charge is 0.211 e. The fourth-order valence-corrected chi connectivity index (χ4v) is 2.99. The van der Waals surface area contributed by atoms with Crippen LogP contribution in [0, 0.1) is 5.92 Å². The van der Waals surface area contributed by atoms with Crippen LogP contribution in [0.4, 0.5) is 0 Å². The molecular formula is C9H19NO3S. The molecule has 0 heterocycles. The van der Waals surface area contributed by atoms with Crippen LogP contribution in [0.1, 0.15) is 33.1 Å². The van der Waals surface area contributed by atoms with Crippen molar-refractivity contribution in [3.8, 4) is 0 Å². The number of hydrogen-bond acceptors (Lipinski definition) is 3. The SMILES string of the molecule is CC(C)CCS(=O)(=O)NC1CC(O)C1. The lowest BCUT2D eigenvalue weighted by Crippen LogP contribution is -2.47. The lowest BCUT2D eigenvalue weighted by atomic mass is 9.91. The first kappa shape index (κ1) is 11.9. The topological polar surface area (TPSA) is 66.4 Å². The summed E-state index contributed by atoms with van der Waals surface area (Å²) in [6.45, 7) is 4.01. The minimum Gasteiger partial charge on any atom is -0.393 e. The maximum Gasteiger partial charge on any atom is 0.211 e. The van der Waals surface area contributed by atoms with Crippen molar-refractivity contribution >= 4 is 10.0 Å². The standard InChI is InChI=1S/C9H19NO3S/c1-7(2)3-4-14(12,13)10-8-5-9(11)6-8/h7-11H,3-6H2,1-2H3. The fourth-order valence-electron chi connectivity index (χ4n) is 1.39. The minimum absolute atomic E-state index is 0.0397. The van der Waals surface area contributed by atoms with Crippen molar-refractivity contribution in [1.29, 1.82) is 0 Å². The van der Waals surface area contributed by atoms with Crippen LogP contribution in [0.15, 0.2) is 0 Å². The summed E-state index contributed by atoms with van der Waals surface area (Å²) in [5.41, 5.74) is 0. The van der Waals surface area contributed by atoms with Crippen LogP contribution in [0.25, 0.3) is 0 Å². The van der Waals surface area contributed by atoms with Gasteiger partial charge in [0.15, 0.2) is 0 Å². The van der Waals surface area contributed by atoms with Crippen LogP contribution in [-0.2, 0) is 10.0 Å². The van der Waals surface area contributed by atoms with Crippen molar-refractivity contribution in [2.75, 3.05) is 5.75 Å². The summed E-state index contributed by atoms with van der Waals surface area (Å²) in [6, 6.07) is -0.0397. The minimum atomic E-state index is -3.12. The van der Waals surface area contributed by atoms with E-state index in [2.05, 4.69) is 4.72 Å². The molecule has 14 heavy (non-hydrogen) atoms. The van der Waals surface area contributed by atoms with E-state index in [1.807, 2.05) is 13.8 Å². The van der Waals surface area contributed by atoms with Gasteiger partial charge in [0.2, 0.25) is 10.0 Å². The van der Waals surface area contributed by atoms with E-state index in [1.54, 1.807) is 0 Å². The van der Waals surface area contributed by atoms with Crippen molar-refractivity contribution in [3.63, 3.8) is 0 Å². The lowest BCUT2D eigenvalue weighted by molar-refractivity contribution is 0.0712. The molecule has 0 bridgehead atoms. The molecule has 0 saturated heterocycles. The van der Waals surface area contributed by atoms with Crippen LogP contribution in [-0.4, -0.2) is 31.4 Å². The van der Waals surface area contributed by atoms with Crippen molar-refractivity contribution in [3.05, 3.63) is 0 Å². The number of nitrogens with one attached hydrogen (secondary N) is 1. The Balaban J connectivity index is 2.28. The average Bonchev–Trinajstić information content (AvgIpc) is 1.98. The summed E-state index contributed by atoms with van der Waals surface area (Å²) in [6.07, 6.45) is 1.49. The van der Waals surface area contributed by atoms with E-state index < -0.39 is 10.0 Å². The van der Waals surface area contributed by atoms with Gasteiger partial charge in [-0.2, -0.15) is 0 Å². The quantitative estimate of drug-likeness (QED) is 0.709. The molecule has 0 spiro atoms. The molecule has 0 unspecified atom stereocenters. The Morgan fingerprint density at radius 1 is 1.43 bits per heavy atom. The van der Waals surface area contributed by atoms with Crippen LogP contribution < -0.4 is 4.72 Å². The Bertz CT molecular complexity index is 268. The number of aliphatic hydroxyl groups is 1. The van der Waals surface area contributed by atoms with Crippen LogP contribution in [0.3, 0.4) is 0 Å². The molecule has 0 atom stereocenters. The Kier molecular flexibility index (Phi) is 3.92. The molecule has 0 radical (unpaired) electrons. The zero-order valence-electron chi connectivity index (χ0n) is 8.73. The van der Waals surface area contributed by atoms with Crippen molar-refractivity contribution < 1.29 is 13.5 Å². The van der Waals surface area contributed by atoms with Gasteiger partial charge in [-0.3, -0.25) is 0 Å². The second-order valence-electron chi connectivity index (χ2n) is 4.44. The molecular weight excluding hydrogens is 202 g/mol. The molecule has 0 aromatic carbocycles. The number of hydrogen-bond donors (Lipinski definition) is 2. The molecule has 5 heteroatoms. The first-order valence-corrected chi connectivity index (χ1v) is 6.72. The molecule has 0 aromatic heterocycles. The molecule has 1 rings (SSSR count). The summed E-state index contributed by atoms with van der Waals surface area (Å²) < 4.78 is 25.5. The van der Waals surface area contributed by atoms with E-state index in [-0.39, 0.29) is 17.9 Å². The average molecular weight is 221 g/mol. The predicted molar refractivity (Wildman–Crippen MR) is 55.4 cm³/mol. The van der Waals surface area contributed by atoms with Crippen molar-refractivity contribution in [1.82, 2.24) is 4.72 Å². The molecule has 0 amide bonds. The lowest BCUT2D eigenvalue weighted by Gasteiger charge is -2.31. The highest BCUT2D eigenvalue weighted by Crippen LogP contribution is 2.20. The number of aliphatic hydroxyl groups excluding tert-OH is 1. The predicted octanol–water partition coefficient (Wildman–Crippen LogP) is 0.475. The van der Waals surface area contributed by atoms with Gasteiger partial charge in [0.25, 0.3) is 0 Å². The Labute approximate surface area is 85.8 Å². The molecule has 2 N–H and O–H groups in total. The Hall–Kier alpha value is -0.130. The molecule has 1 aliphatic carbocycles. The van der Waals surface area contributed by atoms with Gasteiger partial charge in [-0.15, -0.1) is 0 Å². The zero-order chi connectivity index (χ0) is 10.8. The van der Waals surface area contributed by atoms with Gasteiger partial charge in [-0.1, -0.05) is 13.8 Å². The van der Waals surface area contributed by atoms with Crippen molar-refractivity contribution in [2.45, 2.75) is 45.3 Å². The molecule has 4 nitrogen and oxygen atoms in total. The molecule has 0 aliphatic heterocycles. The van der Waals surface area contributed by atoms with Crippen LogP contribution >= 0.6 is 0 Å². The van der Waals surface area contributed by atoms with E-state index in [1.165, 1.54) is 0 Å². The van der Waals surface area contributed by atoms with Gasteiger partial charge in [-0.25, -0.2) is 13.1 Å². The Morgan fingerprint density at radius 2 is 2.00 bits per heavy atom. The Morgan fingerprint density at radius 3 is 2.43 bits per heavy atom. The largest absolute Gasteiger partial charge is 0.393 e. The van der Waals surface area contributed by atoms with Gasteiger partial charge in [-0.05, 0) is 25.2 Å². The third-order valence-corrected chi connectivity index (χ3v) is 3.89. The van der Waals surface area contributed by atoms with Gasteiger partial charge >= 0.3 is 0 Å². The highest BCUT2D eigenvalue weighted by atomic mass is 32.2. The number of rotatable bonds is 5. The first-order chi connectivity index (χ1) is 6.39. The van der Waals surface area contributed by atoms with Crippen LogP contribution in [0.2, 0.25) is 0 Å². The second kappa shape index (κ2) is 4.59. The first-order valence-electron chi connectivity index (χ1n) is 5.07. The van der Waals surface area contributed by atoms with E-state index in [4.69, 9.17) is 5.11 Å². The number of sulfonamides is 1. The maximum atomic E-state index is 11.5. The van der Waals surface area contributed by atoms with E-state index in [9.17, 15) is 8.42 Å². The van der Waals surface area contributed by atoms with Gasteiger partial charge in [0, 0.05) is 6.04 Å². The second-order valence-corrected chi connectivity index (χ2v) is 6.31. The summed E-state index contributed by atoms with van der Waals surface area (Å²) in [4.78, 5) is 0. The van der Waals surface area contributed by atoms with Gasteiger partial charge in [0.1, 0.15) is 0 Å². The van der Waals surface area contributed by atoms with Gasteiger partial charge < -0.3 is 5.11 Å². The normalized spacial score (nSPS) is 27.7. The highest BCUT2D eigenvalue weighted by Gasteiger charge is 2.30. The molecule has 1 fully saturated rings. The molecule has 1 saturated carbocycles. The maximum absolute atomic E-state index is 11.5. The molecule has 84 valence electrons. The summed E-state index contributed by atoms with van der Waals surface area (Å²) in [5.74, 6) is 0.593. The summed E-state index contributed by atoms with van der Waals surface area (Å²) in [7, 11) is -3.12. The van der Waals surface area contributed by atoms with Crippen LogP contribution in [0.5, 0.6) is 0 Å². The van der Waals surface area contributed by atoms with E-state index in [0.29, 0.717) is 25.2 Å². The summed E-state index contributed by atoms with van der Waals surface area (Å²) >= 11 is 0. The third-order valence-electron chi connectivity index (χ3n) is 2.42.